The van der Waals surface area contributed by atoms with Gasteiger partial charge in [0.05, 0.1) is 18.9 Å². The third-order valence-electron chi connectivity index (χ3n) is 5.50. The van der Waals surface area contributed by atoms with E-state index in [0.29, 0.717) is 24.6 Å². The van der Waals surface area contributed by atoms with Crippen LogP contribution < -0.4 is 10.1 Å². The fourth-order valence-electron chi connectivity index (χ4n) is 3.90. The minimum Gasteiger partial charge on any atom is -0.491 e. The van der Waals surface area contributed by atoms with Crippen LogP contribution in [0.2, 0.25) is 0 Å². The maximum absolute atomic E-state index is 10.5. The summed E-state index contributed by atoms with van der Waals surface area (Å²) in [6.45, 7) is 2.60. The molecule has 0 bridgehead atoms. The van der Waals surface area contributed by atoms with Crippen molar-refractivity contribution in [3.05, 3.63) is 23.7 Å². The van der Waals surface area contributed by atoms with Crippen molar-refractivity contribution < 1.29 is 9.84 Å². The number of aryl methyl sites for hydroxylation is 2. The number of methoxy groups -OCH3 is 1. The Hall–Kier alpha value is -2.22. The van der Waals surface area contributed by atoms with Gasteiger partial charge in [-0.25, -0.2) is 9.97 Å². The first-order chi connectivity index (χ1) is 12.6. The second-order valence-corrected chi connectivity index (χ2v) is 7.50. The average molecular weight is 358 g/mol. The van der Waals surface area contributed by atoms with E-state index in [-0.39, 0.29) is 17.9 Å². The summed E-state index contributed by atoms with van der Waals surface area (Å²) in [4.78, 5) is 9.25. The van der Waals surface area contributed by atoms with Gasteiger partial charge in [-0.1, -0.05) is 0 Å². The molecule has 2 saturated carbocycles. The van der Waals surface area contributed by atoms with Crippen LogP contribution in [0.3, 0.4) is 0 Å². The van der Waals surface area contributed by atoms with Gasteiger partial charge in [-0.2, -0.15) is 0 Å². The van der Waals surface area contributed by atoms with E-state index in [4.69, 9.17) is 4.74 Å². The van der Waals surface area contributed by atoms with Gasteiger partial charge in [0.25, 0.3) is 0 Å². The van der Waals surface area contributed by atoms with Crippen molar-refractivity contribution in [1.29, 1.82) is 0 Å². The first kappa shape index (κ1) is 17.2. The van der Waals surface area contributed by atoms with Gasteiger partial charge in [0.15, 0.2) is 11.6 Å². The van der Waals surface area contributed by atoms with Crippen LogP contribution in [0.15, 0.2) is 6.33 Å². The lowest BCUT2D eigenvalue weighted by molar-refractivity contribution is 0.137. The molecule has 2 fully saturated rings. The zero-order valence-corrected chi connectivity index (χ0v) is 15.5. The van der Waals surface area contributed by atoms with Crippen molar-refractivity contribution in [2.24, 2.45) is 13.0 Å². The lowest BCUT2D eigenvalue weighted by atomic mass is 10.0. The quantitative estimate of drug-likeness (QED) is 0.812. The van der Waals surface area contributed by atoms with E-state index in [1.54, 1.807) is 13.4 Å². The monoisotopic (exact) mass is 358 g/mol. The molecule has 26 heavy (non-hydrogen) atoms. The minimum atomic E-state index is -0.360. The largest absolute Gasteiger partial charge is 0.491 e. The predicted molar refractivity (Wildman–Crippen MR) is 96.3 cm³/mol. The number of ether oxygens (including phenoxy) is 1. The third-order valence-corrected chi connectivity index (χ3v) is 5.50. The Morgan fingerprint density at radius 3 is 2.73 bits per heavy atom. The summed E-state index contributed by atoms with van der Waals surface area (Å²) >= 11 is 0. The SMILES string of the molecule is COc1c(C)nc(C2CC2)nc1NC[C@H]1C[C@H](c2nncn2C)C[C@H]1O. The number of nitrogens with zero attached hydrogens (tertiary/aromatic N) is 5. The summed E-state index contributed by atoms with van der Waals surface area (Å²) in [6, 6.07) is 0. The highest BCUT2D eigenvalue weighted by Crippen LogP contribution is 2.41. The normalized spacial score (nSPS) is 25.5. The Kier molecular flexibility index (Phi) is 4.52. The molecule has 2 aliphatic rings. The first-order valence-corrected chi connectivity index (χ1v) is 9.25. The van der Waals surface area contributed by atoms with Crippen molar-refractivity contribution >= 4 is 5.82 Å². The summed E-state index contributed by atoms with van der Waals surface area (Å²) in [5, 5.41) is 22.1. The molecule has 4 rings (SSSR count). The molecule has 0 spiro atoms. The molecule has 8 heteroatoms. The minimum absolute atomic E-state index is 0.140. The number of aliphatic hydroxyl groups is 1. The molecular weight excluding hydrogens is 332 g/mol. The molecule has 2 aromatic heterocycles. The molecule has 3 atom stereocenters. The Morgan fingerprint density at radius 1 is 1.27 bits per heavy atom. The van der Waals surface area contributed by atoms with Gasteiger partial charge in [-0.05, 0) is 32.6 Å². The van der Waals surface area contributed by atoms with Crippen molar-refractivity contribution in [2.45, 2.75) is 50.5 Å². The van der Waals surface area contributed by atoms with Crippen molar-refractivity contribution in [1.82, 2.24) is 24.7 Å². The lowest BCUT2D eigenvalue weighted by Gasteiger charge is -2.18. The highest BCUT2D eigenvalue weighted by molar-refractivity contribution is 5.53. The molecule has 2 N–H and O–H groups in total. The topological polar surface area (TPSA) is 98.0 Å². The summed E-state index contributed by atoms with van der Waals surface area (Å²) < 4.78 is 7.43. The number of hydrogen-bond donors (Lipinski definition) is 2. The van der Waals surface area contributed by atoms with E-state index in [1.807, 2.05) is 18.5 Å². The smallest absolute Gasteiger partial charge is 0.182 e. The molecule has 8 nitrogen and oxygen atoms in total. The second kappa shape index (κ2) is 6.83. The highest BCUT2D eigenvalue weighted by Gasteiger charge is 2.36. The number of rotatable bonds is 6. The molecule has 2 aromatic rings. The average Bonchev–Trinajstić information content (AvgIpc) is 3.28. The maximum atomic E-state index is 10.5. The van der Waals surface area contributed by atoms with Crippen LogP contribution in [0.5, 0.6) is 5.75 Å². The fourth-order valence-corrected chi connectivity index (χ4v) is 3.90. The Balaban J connectivity index is 1.46. The van der Waals surface area contributed by atoms with Gasteiger partial charge in [0.1, 0.15) is 18.0 Å². The summed E-state index contributed by atoms with van der Waals surface area (Å²) in [7, 11) is 3.59. The summed E-state index contributed by atoms with van der Waals surface area (Å²) in [5.74, 6) is 4.12. The maximum Gasteiger partial charge on any atom is 0.182 e. The predicted octanol–water partition coefficient (Wildman–Crippen LogP) is 1.77. The third kappa shape index (κ3) is 3.25. The van der Waals surface area contributed by atoms with Gasteiger partial charge in [-0.3, -0.25) is 0 Å². The Labute approximate surface area is 153 Å². The van der Waals surface area contributed by atoms with Crippen LogP contribution >= 0.6 is 0 Å². The zero-order valence-electron chi connectivity index (χ0n) is 15.5. The van der Waals surface area contributed by atoms with E-state index in [2.05, 4.69) is 25.5 Å². The molecule has 140 valence electrons. The Morgan fingerprint density at radius 2 is 2.08 bits per heavy atom. The molecule has 0 radical (unpaired) electrons. The Bertz CT molecular complexity index is 788. The zero-order chi connectivity index (χ0) is 18.3. The molecule has 0 amide bonds. The van der Waals surface area contributed by atoms with Crippen molar-refractivity contribution in [3.8, 4) is 5.75 Å². The van der Waals surface area contributed by atoms with Crippen LogP contribution in [0.1, 0.15) is 54.9 Å². The highest BCUT2D eigenvalue weighted by atomic mass is 16.5. The van der Waals surface area contributed by atoms with E-state index in [1.165, 1.54) is 0 Å². The fraction of sp³-hybridized carbons (Fsp3) is 0.667. The number of aliphatic hydroxyl groups excluding tert-OH is 1. The van der Waals surface area contributed by atoms with Gasteiger partial charge in [0, 0.05) is 31.3 Å². The van der Waals surface area contributed by atoms with Gasteiger partial charge < -0.3 is 19.7 Å². The van der Waals surface area contributed by atoms with E-state index in [9.17, 15) is 5.11 Å². The van der Waals surface area contributed by atoms with Crippen LogP contribution in [-0.2, 0) is 7.05 Å². The van der Waals surface area contributed by atoms with E-state index in [0.717, 1.165) is 42.4 Å². The number of hydrogen-bond acceptors (Lipinski definition) is 7. The molecule has 0 unspecified atom stereocenters. The summed E-state index contributed by atoms with van der Waals surface area (Å²) in [5.41, 5.74) is 0.857. The van der Waals surface area contributed by atoms with E-state index >= 15 is 0 Å². The molecule has 0 saturated heterocycles. The standard InChI is InChI=1S/C18H26N6O2/c1-10-15(26-3)17(22-16(21-10)11-4-5-11)19-8-13-6-12(7-14(13)25)18-23-20-9-24(18)2/h9,11-14,25H,4-8H2,1-3H3,(H,19,21,22)/t12-,13+,14+/m0/s1. The number of aromatic nitrogens is 5. The van der Waals surface area contributed by atoms with E-state index < -0.39 is 0 Å². The molecular formula is C18H26N6O2. The number of anilines is 1. The lowest BCUT2D eigenvalue weighted by Crippen LogP contribution is -2.23. The van der Waals surface area contributed by atoms with Crippen LogP contribution in [0.4, 0.5) is 5.82 Å². The van der Waals surface area contributed by atoms with Crippen LogP contribution in [0.25, 0.3) is 0 Å². The van der Waals surface area contributed by atoms with Crippen molar-refractivity contribution in [2.75, 3.05) is 19.0 Å². The molecule has 0 aromatic carbocycles. The second-order valence-electron chi connectivity index (χ2n) is 7.50. The van der Waals surface area contributed by atoms with Crippen molar-refractivity contribution in [3.63, 3.8) is 0 Å². The van der Waals surface area contributed by atoms with Gasteiger partial charge >= 0.3 is 0 Å². The first-order valence-electron chi connectivity index (χ1n) is 9.25. The van der Waals surface area contributed by atoms with Crippen LogP contribution in [0, 0.1) is 12.8 Å². The van der Waals surface area contributed by atoms with Gasteiger partial charge in [0.2, 0.25) is 0 Å². The summed E-state index contributed by atoms with van der Waals surface area (Å²) in [6.07, 6.45) is 5.26. The molecule has 2 aliphatic carbocycles. The molecule has 2 heterocycles. The van der Waals surface area contributed by atoms with Crippen LogP contribution in [-0.4, -0.2) is 49.6 Å². The molecule has 0 aliphatic heterocycles. The van der Waals surface area contributed by atoms with Gasteiger partial charge in [-0.15, -0.1) is 10.2 Å². The number of nitrogens with one attached hydrogen (secondary N) is 1.